The maximum Gasteiger partial charge on any atom is 1.00 e. The van der Waals surface area contributed by atoms with Gasteiger partial charge in [-0.1, -0.05) is 67.9 Å². The second-order valence-corrected chi connectivity index (χ2v) is 38.0. The molecule has 1 N–H and O–H groups in total. The second kappa shape index (κ2) is 40.7. The van der Waals surface area contributed by atoms with Crippen LogP contribution in [0.15, 0.2) is 165 Å². The summed E-state index contributed by atoms with van der Waals surface area (Å²) in [6, 6.07) is 42.2. The van der Waals surface area contributed by atoms with E-state index in [1.165, 1.54) is 21.5 Å². The SMILES string of the molecule is C1CCOC1.COc1ccc(S(=O)(=O)N2CCN(C(C)c3nc(C(C)C)c4ccccc4n3)CC2)cc1.COc1ccc(S(=O)(=O)N2CCN(C(C)c3nc(Cl)c4ccccc4n3)CC2)cc1.COc1ccc(S(=O)(=O)N2CCN(C(C)c3nc4ccccc4c(=O)[nH]3)CC2)cc1.C[CH-]C.O=P(Cl)(Cl)Cl.[Li+]. The molecule has 3 unspecified atom stereocenters. The number of rotatable bonds is 16. The minimum Gasteiger partial charge on any atom is -0.497 e. The number of methoxy groups -OCH3 is 3. The number of piperazine rings is 3. The summed E-state index contributed by atoms with van der Waals surface area (Å²) < 4.78 is 112. The zero-order valence-corrected chi connectivity index (χ0v) is 67.9. The third kappa shape index (κ3) is 23.6. The van der Waals surface area contributed by atoms with Gasteiger partial charge in [0.15, 0.2) is 0 Å². The molecular weight excluding hydrogens is 1510 g/mol. The fourth-order valence-electron chi connectivity index (χ4n) is 12.0. The van der Waals surface area contributed by atoms with E-state index in [1.807, 2.05) is 94.8 Å². The van der Waals surface area contributed by atoms with Crippen LogP contribution >= 0.6 is 50.5 Å². The van der Waals surface area contributed by atoms with Gasteiger partial charge in [0.2, 0.25) is 30.1 Å². The molecule has 0 spiro atoms. The molecule has 106 heavy (non-hydrogen) atoms. The number of nitrogens with zero attached hydrogens (tertiary/aromatic N) is 11. The molecule has 0 amide bonds. The largest absolute Gasteiger partial charge is 1.00 e. The normalized spacial score (nSPS) is 16.7. The number of nitrogens with one attached hydrogen (secondary N) is 1. The predicted molar refractivity (Wildman–Crippen MR) is 417 cm³/mol. The Bertz CT molecular complexity index is 4750. The number of fused-ring (bicyclic) bond motifs is 3. The van der Waals surface area contributed by atoms with Crippen LogP contribution in [0.25, 0.3) is 32.7 Å². The van der Waals surface area contributed by atoms with Crippen LogP contribution < -0.4 is 38.6 Å². The maximum absolute atomic E-state index is 13.0. The van der Waals surface area contributed by atoms with Crippen LogP contribution in [0.1, 0.15) is 109 Å². The molecule has 7 heterocycles. The van der Waals surface area contributed by atoms with Crippen LogP contribution in [0.2, 0.25) is 5.15 Å². The molecule has 3 aromatic heterocycles. The fourth-order valence-corrected chi connectivity index (χ4v) is 16.5. The number of H-pyrrole nitrogens is 1. The first kappa shape index (κ1) is 87.3. The van der Waals surface area contributed by atoms with Crippen molar-refractivity contribution in [1.82, 2.24) is 57.5 Å². The monoisotopic (exact) mass is 1600 g/mol. The van der Waals surface area contributed by atoms with Gasteiger partial charge in [0, 0.05) is 103 Å². The van der Waals surface area contributed by atoms with Gasteiger partial charge in [0.1, 0.15) is 39.9 Å². The molecule has 4 aliphatic heterocycles. The first-order valence-electron chi connectivity index (χ1n) is 34.4. The van der Waals surface area contributed by atoms with E-state index in [4.69, 9.17) is 40.5 Å². The summed E-state index contributed by atoms with van der Waals surface area (Å²) in [5.74, 6) is 4.19. The average Bonchev–Trinajstić information content (AvgIpc) is 0.929. The molecule has 568 valence electrons. The van der Waals surface area contributed by atoms with Crippen molar-refractivity contribution in [3.8, 4) is 17.2 Å². The number of benzene rings is 6. The van der Waals surface area contributed by atoms with Crippen LogP contribution in [0.3, 0.4) is 0 Å². The van der Waals surface area contributed by atoms with Crippen molar-refractivity contribution in [3.63, 3.8) is 0 Å². The summed E-state index contributed by atoms with van der Waals surface area (Å²) in [7, 11) is -5.97. The molecule has 4 aliphatic rings. The Hall–Kier alpha value is -5.90. The number of aromatic nitrogens is 6. The Balaban J connectivity index is 0.000000203. The summed E-state index contributed by atoms with van der Waals surface area (Å²) >= 11 is 20.2. The smallest absolute Gasteiger partial charge is 0.497 e. The van der Waals surface area contributed by atoms with Crippen molar-refractivity contribution in [2.24, 2.45) is 0 Å². The Morgan fingerprint density at radius 1 is 0.462 bits per heavy atom. The van der Waals surface area contributed by atoms with Crippen molar-refractivity contribution in [1.29, 1.82) is 0 Å². The number of halogens is 4. The molecule has 0 radical (unpaired) electrons. The third-order valence-corrected chi connectivity index (χ3v) is 24.0. The number of hydrogen-bond donors (Lipinski definition) is 1. The van der Waals surface area contributed by atoms with Crippen LogP contribution in [-0.2, 0) is 39.4 Å². The molecule has 3 atom stereocenters. The molecule has 6 aromatic carbocycles. The quantitative estimate of drug-likeness (QED) is 0.0407. The molecule has 24 nitrogen and oxygen atoms in total. The van der Waals surface area contributed by atoms with Crippen molar-refractivity contribution >= 4 is 113 Å². The fraction of sp³-hybridized carbons (Fsp3) is 0.411. The van der Waals surface area contributed by atoms with Gasteiger partial charge in [-0.2, -0.15) is 26.8 Å². The van der Waals surface area contributed by atoms with Gasteiger partial charge in [-0.05, 0) is 176 Å². The minimum absolute atomic E-state index is 0. The maximum atomic E-state index is 13.0. The number of para-hydroxylation sites is 3. The van der Waals surface area contributed by atoms with Crippen molar-refractivity contribution in [2.45, 2.75) is 100 Å². The number of hydrogen-bond acceptors (Lipinski definition) is 20. The first-order valence-corrected chi connectivity index (χ1v) is 43.5. The molecule has 9 aromatic rings. The molecule has 0 bridgehead atoms. The van der Waals surface area contributed by atoms with Crippen LogP contribution in [0, 0.1) is 6.42 Å². The van der Waals surface area contributed by atoms with Gasteiger partial charge in [-0.15, -0.1) is 0 Å². The standard InChI is InChI=1S/C24H30N4O3S.C21H23ClN4O3S.C21H24N4O4S.C4H8O.C3H7.Cl3OP.Li/c1-17(2)23-21-7-5-6-8-22(21)25-24(26-23)18(3)27-13-15-28(16-14-27)32(29,30)20-11-9-19(31-4)10-12-20;1-15(21-23-19-6-4-3-5-18(19)20(22)24-21)25-11-13-26(14-12-25)30(27,28)17-9-7-16(29-2)8-10-17;1-15(20-22-19-6-4-3-5-18(19)21(26)23-20)24-11-13-25(14-12-24)30(27,28)17-9-7-16(29-2)8-10-17;1-2-4-5-3-1;1-3-2;1-5(2,3)4;/h5-12,17-18H,13-16H2,1-4H3;3-10,15H,11-14H2,1-2H3;3-10,15H,11-14H2,1-2H3,(H,22,23,26);1-4H2;3H,1-2H3;;/q;;;;-1;;+1. The van der Waals surface area contributed by atoms with Gasteiger partial charge in [-0.25, -0.2) is 50.2 Å². The van der Waals surface area contributed by atoms with E-state index >= 15 is 0 Å². The van der Waals surface area contributed by atoms with E-state index in [-0.39, 0.29) is 52.3 Å². The van der Waals surface area contributed by atoms with E-state index < -0.39 is 35.3 Å². The van der Waals surface area contributed by atoms with Gasteiger partial charge >= 0.3 is 24.1 Å². The molecule has 0 saturated carbocycles. The Morgan fingerprint density at radius 3 is 1.11 bits per heavy atom. The molecular formula is C73H92Cl4LiN12O12PS3. The number of sulfonamides is 3. The summed E-state index contributed by atoms with van der Waals surface area (Å²) in [5, 5.41) is -0.314. The zero-order valence-electron chi connectivity index (χ0n) is 61.6. The first-order chi connectivity index (χ1) is 50.0. The van der Waals surface area contributed by atoms with Gasteiger partial charge in [0.25, 0.3) is 5.56 Å². The van der Waals surface area contributed by atoms with Crippen molar-refractivity contribution < 1.29 is 67.6 Å². The predicted octanol–water partition coefficient (Wildman–Crippen LogP) is 11.0. The van der Waals surface area contributed by atoms with Gasteiger partial charge < -0.3 is 30.4 Å². The second-order valence-electron chi connectivity index (χ2n) is 25.2. The van der Waals surface area contributed by atoms with Gasteiger partial charge in [0.05, 0.1) is 81.8 Å². The summed E-state index contributed by atoms with van der Waals surface area (Å²) in [6.45, 7) is 22.3. The van der Waals surface area contributed by atoms with Crippen molar-refractivity contribution in [3.05, 3.63) is 191 Å². The zero-order chi connectivity index (χ0) is 76.2. The number of ether oxygens (including phenoxy) is 4. The van der Waals surface area contributed by atoms with E-state index in [0.717, 1.165) is 46.5 Å². The molecule has 13 rings (SSSR count). The summed E-state index contributed by atoms with van der Waals surface area (Å²) in [6.07, 6.45) is 4.56. The van der Waals surface area contributed by atoms with E-state index in [9.17, 15) is 34.6 Å². The Labute approximate surface area is 654 Å². The topological polar surface area (TPSA) is 273 Å². The van der Waals surface area contributed by atoms with Crippen LogP contribution in [0.5, 0.6) is 17.2 Å². The Morgan fingerprint density at radius 2 is 0.774 bits per heavy atom. The Kier molecular flexibility index (Phi) is 33.5. The van der Waals surface area contributed by atoms with E-state index in [0.29, 0.717) is 134 Å². The van der Waals surface area contributed by atoms with Crippen LogP contribution in [-0.4, -0.2) is 196 Å². The molecule has 33 heteroatoms. The summed E-state index contributed by atoms with van der Waals surface area (Å²) in [5.41, 5.74) is 3.30. The van der Waals surface area contributed by atoms with E-state index in [2.05, 4.69) is 95.2 Å². The average molecular weight is 1610 g/mol. The summed E-state index contributed by atoms with van der Waals surface area (Å²) in [4.78, 5) is 46.1. The van der Waals surface area contributed by atoms with Crippen LogP contribution in [0.4, 0.5) is 0 Å². The minimum atomic E-state index is -3.56. The van der Waals surface area contributed by atoms with Gasteiger partial charge in [-0.3, -0.25) is 24.1 Å². The molecule has 0 aliphatic carbocycles. The molecule has 4 saturated heterocycles. The van der Waals surface area contributed by atoms with E-state index in [1.54, 1.807) is 104 Å². The van der Waals surface area contributed by atoms with Crippen molar-refractivity contribution in [2.75, 3.05) is 113 Å². The number of aromatic amines is 1. The molecule has 4 fully saturated rings. The third-order valence-electron chi connectivity index (χ3n) is 17.9.